The van der Waals surface area contributed by atoms with Gasteiger partial charge < -0.3 is 5.11 Å². The van der Waals surface area contributed by atoms with Crippen molar-refractivity contribution in [2.45, 2.75) is 33.1 Å². The van der Waals surface area contributed by atoms with Gasteiger partial charge in [0.1, 0.15) is 0 Å². The second-order valence-corrected chi connectivity index (χ2v) is 5.25. The molecule has 0 radical (unpaired) electrons. The van der Waals surface area contributed by atoms with Crippen LogP contribution in [-0.4, -0.2) is 11.7 Å². The molecular formula is C18H22O. The molecule has 0 aromatic heterocycles. The Bertz CT molecular complexity index is 526. The Labute approximate surface area is 115 Å². The predicted octanol–water partition coefficient (Wildman–Crippen LogP) is 3.82. The second kappa shape index (κ2) is 6.53. The highest BCUT2D eigenvalue weighted by molar-refractivity contribution is 5.35. The molecule has 0 atom stereocenters. The van der Waals surface area contributed by atoms with Crippen LogP contribution in [0.3, 0.4) is 0 Å². The molecule has 1 heteroatoms. The average molecular weight is 254 g/mol. The van der Waals surface area contributed by atoms with Gasteiger partial charge in [-0.15, -0.1) is 0 Å². The first-order valence-electron chi connectivity index (χ1n) is 6.94. The van der Waals surface area contributed by atoms with Crippen LogP contribution in [0, 0.1) is 13.8 Å². The minimum absolute atomic E-state index is 0.268. The summed E-state index contributed by atoms with van der Waals surface area (Å²) >= 11 is 0. The molecule has 0 aliphatic rings. The normalized spacial score (nSPS) is 10.7. The first-order valence-corrected chi connectivity index (χ1v) is 6.94. The third-order valence-electron chi connectivity index (χ3n) is 3.54. The Morgan fingerprint density at radius 2 is 1.58 bits per heavy atom. The van der Waals surface area contributed by atoms with Crippen LogP contribution in [0.4, 0.5) is 0 Å². The van der Waals surface area contributed by atoms with Gasteiger partial charge in [0.15, 0.2) is 0 Å². The smallest absolute Gasteiger partial charge is 0.0434 e. The molecule has 0 unspecified atom stereocenters. The lowest BCUT2D eigenvalue weighted by molar-refractivity contribution is 0.288. The molecule has 0 heterocycles. The van der Waals surface area contributed by atoms with Gasteiger partial charge in [-0.3, -0.25) is 0 Å². The summed E-state index contributed by atoms with van der Waals surface area (Å²) in [4.78, 5) is 0. The van der Waals surface area contributed by atoms with E-state index >= 15 is 0 Å². The van der Waals surface area contributed by atoms with Crippen molar-refractivity contribution in [3.63, 3.8) is 0 Å². The molecule has 0 aliphatic carbocycles. The van der Waals surface area contributed by atoms with Crippen LogP contribution in [-0.2, 0) is 12.8 Å². The van der Waals surface area contributed by atoms with Crippen molar-refractivity contribution in [1.82, 2.24) is 0 Å². The van der Waals surface area contributed by atoms with E-state index in [0.29, 0.717) is 0 Å². The van der Waals surface area contributed by atoms with Crippen LogP contribution in [0.5, 0.6) is 0 Å². The zero-order valence-electron chi connectivity index (χ0n) is 11.8. The highest BCUT2D eigenvalue weighted by Crippen LogP contribution is 2.16. The Balaban J connectivity index is 2.06. The summed E-state index contributed by atoms with van der Waals surface area (Å²) in [5.74, 6) is 0. The van der Waals surface area contributed by atoms with Crippen molar-refractivity contribution in [1.29, 1.82) is 0 Å². The summed E-state index contributed by atoms with van der Waals surface area (Å²) in [5.41, 5.74) is 6.73. The molecule has 0 saturated carbocycles. The summed E-state index contributed by atoms with van der Waals surface area (Å²) in [6.07, 6.45) is 2.79. The fourth-order valence-electron chi connectivity index (χ4n) is 2.37. The van der Waals surface area contributed by atoms with E-state index in [1.165, 1.54) is 27.8 Å². The molecule has 0 saturated heterocycles. The van der Waals surface area contributed by atoms with Crippen LogP contribution in [0.25, 0.3) is 0 Å². The molecule has 0 aliphatic heterocycles. The molecule has 100 valence electrons. The maximum Gasteiger partial charge on any atom is 0.0434 e. The van der Waals surface area contributed by atoms with E-state index < -0.39 is 0 Å². The van der Waals surface area contributed by atoms with Gasteiger partial charge in [-0.05, 0) is 55.4 Å². The van der Waals surface area contributed by atoms with Crippen molar-refractivity contribution >= 4 is 0 Å². The highest BCUT2D eigenvalue weighted by Gasteiger charge is 2.01. The van der Waals surface area contributed by atoms with Gasteiger partial charge in [0.2, 0.25) is 0 Å². The molecule has 2 aromatic carbocycles. The van der Waals surface area contributed by atoms with E-state index in [9.17, 15) is 0 Å². The third-order valence-corrected chi connectivity index (χ3v) is 3.54. The first-order chi connectivity index (χ1) is 9.19. The van der Waals surface area contributed by atoms with Gasteiger partial charge >= 0.3 is 0 Å². The van der Waals surface area contributed by atoms with E-state index in [1.807, 2.05) is 0 Å². The van der Waals surface area contributed by atoms with E-state index in [0.717, 1.165) is 19.3 Å². The van der Waals surface area contributed by atoms with Crippen molar-refractivity contribution < 1.29 is 5.11 Å². The molecule has 19 heavy (non-hydrogen) atoms. The molecule has 2 aromatic rings. The standard InChI is InChI=1S/C18H22O/c1-14-5-10-18(15(2)12-14)13-17-8-6-16(7-9-17)4-3-11-19/h5-10,12,19H,3-4,11,13H2,1-2H3. The molecule has 1 nitrogen and oxygen atoms in total. The summed E-state index contributed by atoms with van der Waals surface area (Å²) in [6, 6.07) is 15.4. The van der Waals surface area contributed by atoms with E-state index in [4.69, 9.17) is 5.11 Å². The van der Waals surface area contributed by atoms with Gasteiger partial charge in [0.25, 0.3) is 0 Å². The SMILES string of the molecule is Cc1ccc(Cc2ccc(CCCO)cc2)c(C)c1. The second-order valence-electron chi connectivity index (χ2n) is 5.25. The summed E-state index contributed by atoms with van der Waals surface area (Å²) in [7, 11) is 0. The summed E-state index contributed by atoms with van der Waals surface area (Å²) in [6.45, 7) is 4.58. The van der Waals surface area contributed by atoms with E-state index in [1.54, 1.807) is 0 Å². The number of aliphatic hydroxyl groups is 1. The topological polar surface area (TPSA) is 20.2 Å². The molecule has 0 spiro atoms. The number of benzene rings is 2. The highest BCUT2D eigenvalue weighted by atomic mass is 16.2. The fourth-order valence-corrected chi connectivity index (χ4v) is 2.37. The number of aliphatic hydroxyl groups excluding tert-OH is 1. The Hall–Kier alpha value is -1.60. The number of aryl methyl sites for hydroxylation is 3. The van der Waals surface area contributed by atoms with Crippen LogP contribution in [0.2, 0.25) is 0 Å². The maximum atomic E-state index is 8.83. The van der Waals surface area contributed by atoms with Gasteiger partial charge in [0, 0.05) is 6.61 Å². The maximum absolute atomic E-state index is 8.83. The lowest BCUT2D eigenvalue weighted by Crippen LogP contribution is -1.94. The van der Waals surface area contributed by atoms with Crippen LogP contribution in [0.15, 0.2) is 42.5 Å². The Kier molecular flexibility index (Phi) is 4.75. The first kappa shape index (κ1) is 13.8. The number of hydrogen-bond donors (Lipinski definition) is 1. The minimum Gasteiger partial charge on any atom is -0.396 e. The number of hydrogen-bond acceptors (Lipinski definition) is 1. The zero-order chi connectivity index (χ0) is 13.7. The summed E-state index contributed by atoms with van der Waals surface area (Å²) < 4.78 is 0. The van der Waals surface area contributed by atoms with E-state index in [2.05, 4.69) is 56.3 Å². The quantitative estimate of drug-likeness (QED) is 0.860. The van der Waals surface area contributed by atoms with Gasteiger partial charge in [-0.2, -0.15) is 0 Å². The van der Waals surface area contributed by atoms with Crippen LogP contribution < -0.4 is 0 Å². The molecule has 0 amide bonds. The summed E-state index contributed by atoms with van der Waals surface area (Å²) in [5, 5.41) is 8.83. The van der Waals surface area contributed by atoms with Gasteiger partial charge in [-0.1, -0.05) is 48.0 Å². The van der Waals surface area contributed by atoms with Crippen molar-refractivity contribution in [3.8, 4) is 0 Å². The van der Waals surface area contributed by atoms with Gasteiger partial charge in [0.05, 0.1) is 0 Å². The third kappa shape index (κ3) is 3.93. The fraction of sp³-hybridized carbons (Fsp3) is 0.333. The van der Waals surface area contributed by atoms with E-state index in [-0.39, 0.29) is 6.61 Å². The number of rotatable bonds is 5. The van der Waals surface area contributed by atoms with Crippen molar-refractivity contribution in [2.24, 2.45) is 0 Å². The van der Waals surface area contributed by atoms with Gasteiger partial charge in [-0.25, -0.2) is 0 Å². The lowest BCUT2D eigenvalue weighted by atomic mass is 9.98. The monoisotopic (exact) mass is 254 g/mol. The zero-order valence-corrected chi connectivity index (χ0v) is 11.8. The van der Waals surface area contributed by atoms with Crippen molar-refractivity contribution in [3.05, 3.63) is 70.3 Å². The molecule has 0 fully saturated rings. The largest absolute Gasteiger partial charge is 0.396 e. The molecular weight excluding hydrogens is 232 g/mol. The van der Waals surface area contributed by atoms with Crippen molar-refractivity contribution in [2.75, 3.05) is 6.61 Å². The Morgan fingerprint density at radius 1 is 0.895 bits per heavy atom. The molecule has 0 bridgehead atoms. The minimum atomic E-state index is 0.268. The molecule has 1 N–H and O–H groups in total. The average Bonchev–Trinajstić information content (AvgIpc) is 2.41. The Morgan fingerprint density at radius 3 is 2.21 bits per heavy atom. The van der Waals surface area contributed by atoms with Crippen LogP contribution in [0.1, 0.15) is 34.2 Å². The molecule has 2 rings (SSSR count). The predicted molar refractivity (Wildman–Crippen MR) is 80.6 cm³/mol. The lowest BCUT2D eigenvalue weighted by Gasteiger charge is -2.08. The van der Waals surface area contributed by atoms with Crippen LogP contribution >= 0.6 is 0 Å².